The normalized spacial score (nSPS) is 18.8. The molecule has 5 heteroatoms. The third-order valence-electron chi connectivity index (χ3n) is 3.62. The smallest absolute Gasteiger partial charge is 0.131 e. The van der Waals surface area contributed by atoms with E-state index in [4.69, 9.17) is 16.7 Å². The van der Waals surface area contributed by atoms with Gasteiger partial charge in [-0.05, 0) is 38.8 Å². The minimum Gasteiger partial charge on any atom is -0.396 e. The Morgan fingerprint density at radius 2 is 2.06 bits per heavy atom. The van der Waals surface area contributed by atoms with Crippen LogP contribution >= 0.6 is 11.6 Å². The van der Waals surface area contributed by atoms with E-state index >= 15 is 0 Å². The van der Waals surface area contributed by atoms with E-state index in [1.807, 2.05) is 14.0 Å². The third-order valence-corrected chi connectivity index (χ3v) is 4.09. The maximum absolute atomic E-state index is 9.11. The van der Waals surface area contributed by atoms with Crippen LogP contribution in [-0.4, -0.2) is 39.5 Å². The van der Waals surface area contributed by atoms with Gasteiger partial charge in [-0.25, -0.2) is 0 Å². The van der Waals surface area contributed by atoms with E-state index in [1.54, 1.807) is 4.68 Å². The van der Waals surface area contributed by atoms with Gasteiger partial charge < -0.3 is 5.11 Å². The van der Waals surface area contributed by atoms with Crippen molar-refractivity contribution < 1.29 is 5.11 Å². The fraction of sp³-hybridized carbons (Fsp3) is 0.750. The number of hydrogen-bond acceptors (Lipinski definition) is 3. The molecule has 0 spiro atoms. The monoisotopic (exact) mass is 257 g/mol. The average Bonchev–Trinajstić information content (AvgIpc) is 2.57. The maximum Gasteiger partial charge on any atom is 0.131 e. The van der Waals surface area contributed by atoms with Gasteiger partial charge >= 0.3 is 0 Å². The van der Waals surface area contributed by atoms with Crippen molar-refractivity contribution >= 4 is 11.6 Å². The zero-order valence-corrected chi connectivity index (χ0v) is 11.2. The number of aryl methyl sites for hydroxylation is 2. The molecule has 0 aromatic carbocycles. The van der Waals surface area contributed by atoms with Gasteiger partial charge in [0.1, 0.15) is 5.15 Å². The van der Waals surface area contributed by atoms with E-state index in [0.29, 0.717) is 12.5 Å². The first-order chi connectivity index (χ1) is 8.11. The molecule has 0 aliphatic carbocycles. The van der Waals surface area contributed by atoms with E-state index in [2.05, 4.69) is 10.00 Å². The summed E-state index contributed by atoms with van der Waals surface area (Å²) >= 11 is 6.22. The van der Waals surface area contributed by atoms with Gasteiger partial charge in [-0.15, -0.1) is 0 Å². The number of hydrogen-bond donors (Lipinski definition) is 1. The van der Waals surface area contributed by atoms with Gasteiger partial charge in [-0.3, -0.25) is 9.58 Å². The SMILES string of the molecule is Cc1nn(C)c(Cl)c1CN1CCC(CO)CC1. The van der Waals surface area contributed by atoms with Crippen molar-refractivity contribution in [1.29, 1.82) is 0 Å². The van der Waals surface area contributed by atoms with Crippen molar-refractivity contribution in [1.82, 2.24) is 14.7 Å². The fourth-order valence-corrected chi connectivity index (χ4v) is 2.64. The molecule has 1 aliphatic heterocycles. The molecule has 2 heterocycles. The number of likely N-dealkylation sites (tertiary alicyclic amines) is 1. The zero-order chi connectivity index (χ0) is 12.4. The van der Waals surface area contributed by atoms with Gasteiger partial charge in [0.2, 0.25) is 0 Å². The second-order valence-corrected chi connectivity index (χ2v) is 5.24. The molecule has 1 N–H and O–H groups in total. The van der Waals surface area contributed by atoms with E-state index < -0.39 is 0 Å². The van der Waals surface area contributed by atoms with Gasteiger partial charge in [0, 0.05) is 25.8 Å². The summed E-state index contributed by atoms with van der Waals surface area (Å²) in [5.74, 6) is 0.483. The van der Waals surface area contributed by atoms with Crippen LogP contribution < -0.4 is 0 Å². The lowest BCUT2D eigenvalue weighted by molar-refractivity contribution is 0.127. The Bertz CT molecular complexity index is 383. The number of piperidine rings is 1. The third kappa shape index (κ3) is 2.81. The van der Waals surface area contributed by atoms with Crippen molar-refractivity contribution in [3.63, 3.8) is 0 Å². The standard InChI is InChI=1S/C12H20ClN3O/c1-9-11(12(13)15(2)14-9)7-16-5-3-10(8-17)4-6-16/h10,17H,3-8H2,1-2H3. The first kappa shape index (κ1) is 12.9. The molecule has 0 atom stereocenters. The van der Waals surface area contributed by atoms with Crippen molar-refractivity contribution in [3.8, 4) is 0 Å². The largest absolute Gasteiger partial charge is 0.396 e. The molecule has 0 saturated carbocycles. The summed E-state index contributed by atoms with van der Waals surface area (Å²) in [4.78, 5) is 2.39. The van der Waals surface area contributed by atoms with Crippen molar-refractivity contribution in [2.24, 2.45) is 13.0 Å². The molecule has 1 fully saturated rings. The highest BCUT2D eigenvalue weighted by atomic mass is 35.5. The molecular weight excluding hydrogens is 238 g/mol. The highest BCUT2D eigenvalue weighted by Crippen LogP contribution is 2.23. The number of rotatable bonds is 3. The molecular formula is C12H20ClN3O. The van der Waals surface area contributed by atoms with Gasteiger partial charge in [-0.2, -0.15) is 5.10 Å². The molecule has 1 aromatic rings. The van der Waals surface area contributed by atoms with E-state index in [0.717, 1.165) is 48.9 Å². The van der Waals surface area contributed by atoms with Crippen molar-refractivity contribution in [2.45, 2.75) is 26.3 Å². The second kappa shape index (κ2) is 5.38. The van der Waals surface area contributed by atoms with Crippen LogP contribution in [0.15, 0.2) is 0 Å². The summed E-state index contributed by atoms with van der Waals surface area (Å²) in [5.41, 5.74) is 2.15. The number of halogens is 1. The molecule has 17 heavy (non-hydrogen) atoms. The van der Waals surface area contributed by atoms with Gasteiger partial charge in [0.25, 0.3) is 0 Å². The van der Waals surface area contributed by atoms with Crippen molar-refractivity contribution in [3.05, 3.63) is 16.4 Å². The number of aliphatic hydroxyl groups is 1. The highest BCUT2D eigenvalue weighted by Gasteiger charge is 2.21. The van der Waals surface area contributed by atoms with Crippen LogP contribution in [-0.2, 0) is 13.6 Å². The molecule has 4 nitrogen and oxygen atoms in total. The van der Waals surface area contributed by atoms with Gasteiger partial charge in [-0.1, -0.05) is 11.6 Å². The van der Waals surface area contributed by atoms with Crippen LogP contribution in [0, 0.1) is 12.8 Å². The van der Waals surface area contributed by atoms with Crippen LogP contribution in [0.2, 0.25) is 5.15 Å². The van der Waals surface area contributed by atoms with Crippen LogP contribution in [0.4, 0.5) is 0 Å². The Morgan fingerprint density at radius 3 is 2.53 bits per heavy atom. The van der Waals surface area contributed by atoms with Crippen LogP contribution in [0.1, 0.15) is 24.1 Å². The summed E-state index contributed by atoms with van der Waals surface area (Å²) in [6, 6.07) is 0. The summed E-state index contributed by atoms with van der Waals surface area (Å²) in [6.07, 6.45) is 2.15. The fourth-order valence-electron chi connectivity index (χ4n) is 2.40. The highest BCUT2D eigenvalue weighted by molar-refractivity contribution is 6.30. The molecule has 2 rings (SSSR count). The lowest BCUT2D eigenvalue weighted by Gasteiger charge is -2.30. The Kier molecular flexibility index (Phi) is 4.07. The molecule has 1 saturated heterocycles. The number of aromatic nitrogens is 2. The molecule has 1 aromatic heterocycles. The summed E-state index contributed by atoms with van der Waals surface area (Å²) in [7, 11) is 1.87. The Morgan fingerprint density at radius 1 is 1.41 bits per heavy atom. The maximum atomic E-state index is 9.11. The molecule has 0 radical (unpaired) electrons. The molecule has 96 valence electrons. The predicted molar refractivity (Wildman–Crippen MR) is 68.0 cm³/mol. The lowest BCUT2D eigenvalue weighted by Crippen LogP contribution is -2.34. The molecule has 1 aliphatic rings. The Balaban J connectivity index is 1.98. The summed E-state index contributed by atoms with van der Waals surface area (Å²) < 4.78 is 1.73. The minimum absolute atomic E-state index is 0.320. The quantitative estimate of drug-likeness (QED) is 0.894. The van der Waals surface area contributed by atoms with E-state index in [9.17, 15) is 0 Å². The lowest BCUT2D eigenvalue weighted by atomic mass is 9.97. The Hall–Kier alpha value is -0.580. The molecule has 0 bridgehead atoms. The molecule has 0 amide bonds. The topological polar surface area (TPSA) is 41.3 Å². The van der Waals surface area contributed by atoms with Gasteiger partial charge in [0.15, 0.2) is 0 Å². The minimum atomic E-state index is 0.320. The summed E-state index contributed by atoms with van der Waals surface area (Å²) in [6.45, 7) is 5.27. The van der Waals surface area contributed by atoms with Crippen LogP contribution in [0.5, 0.6) is 0 Å². The first-order valence-corrected chi connectivity index (χ1v) is 6.50. The van der Waals surface area contributed by atoms with Crippen LogP contribution in [0.25, 0.3) is 0 Å². The van der Waals surface area contributed by atoms with E-state index in [-0.39, 0.29) is 0 Å². The van der Waals surface area contributed by atoms with Crippen LogP contribution in [0.3, 0.4) is 0 Å². The van der Waals surface area contributed by atoms with E-state index in [1.165, 1.54) is 0 Å². The predicted octanol–water partition coefficient (Wildman–Crippen LogP) is 1.59. The van der Waals surface area contributed by atoms with Crippen molar-refractivity contribution in [2.75, 3.05) is 19.7 Å². The number of nitrogens with zero attached hydrogens (tertiary/aromatic N) is 3. The Labute approximate surface area is 107 Å². The number of aliphatic hydroxyl groups excluding tert-OH is 1. The zero-order valence-electron chi connectivity index (χ0n) is 10.5. The summed E-state index contributed by atoms with van der Waals surface area (Å²) in [5, 5.41) is 14.2. The second-order valence-electron chi connectivity index (χ2n) is 4.88. The van der Waals surface area contributed by atoms with Gasteiger partial charge in [0.05, 0.1) is 5.69 Å². The first-order valence-electron chi connectivity index (χ1n) is 6.13. The molecule has 0 unspecified atom stereocenters. The average molecular weight is 258 g/mol.